The second-order valence-corrected chi connectivity index (χ2v) is 5.35. The smallest absolute Gasteiger partial charge is 0.254 e. The van der Waals surface area contributed by atoms with E-state index >= 15 is 0 Å². The van der Waals surface area contributed by atoms with E-state index in [1.54, 1.807) is 7.05 Å². The lowest BCUT2D eigenvalue weighted by molar-refractivity contribution is -0.130. The predicted octanol–water partition coefficient (Wildman–Crippen LogP) is 0.642. The Balaban J connectivity index is 1.93. The van der Waals surface area contributed by atoms with E-state index in [0.29, 0.717) is 19.6 Å². The molecule has 1 fully saturated rings. The zero-order valence-electron chi connectivity index (χ0n) is 11.1. The van der Waals surface area contributed by atoms with Crippen molar-refractivity contribution in [3.63, 3.8) is 0 Å². The Morgan fingerprint density at radius 3 is 2.68 bits per heavy atom. The normalized spacial score (nSPS) is 16.3. The summed E-state index contributed by atoms with van der Waals surface area (Å²) in [5.74, 6) is 0.177. The lowest BCUT2D eigenvalue weighted by Gasteiger charge is -2.21. The Kier molecular flexibility index (Phi) is 4.93. The average Bonchev–Trinajstić information content (AvgIpc) is 2.82. The van der Waals surface area contributed by atoms with E-state index in [2.05, 4.69) is 5.32 Å². The molecule has 1 aliphatic heterocycles. The van der Waals surface area contributed by atoms with E-state index in [-0.39, 0.29) is 11.8 Å². The minimum Gasteiger partial charge on any atom is -0.340 e. The van der Waals surface area contributed by atoms with Gasteiger partial charge in [0.05, 0.1) is 12.1 Å². The summed E-state index contributed by atoms with van der Waals surface area (Å²) in [7, 11) is 1.77. The van der Waals surface area contributed by atoms with Crippen molar-refractivity contribution < 1.29 is 9.59 Å². The van der Waals surface area contributed by atoms with Gasteiger partial charge in [-0.2, -0.15) is 11.3 Å². The molecule has 104 valence electrons. The maximum atomic E-state index is 12.2. The van der Waals surface area contributed by atoms with Crippen LogP contribution in [0.4, 0.5) is 0 Å². The third-order valence-electron chi connectivity index (χ3n) is 3.23. The molecule has 2 heterocycles. The molecule has 1 aromatic heterocycles. The number of carbonyl (C=O) groups is 2. The van der Waals surface area contributed by atoms with Gasteiger partial charge in [-0.05, 0) is 24.9 Å². The highest BCUT2D eigenvalue weighted by Gasteiger charge is 2.22. The Morgan fingerprint density at radius 2 is 2.00 bits per heavy atom. The SMILES string of the molecule is CNCC(=O)N1CCCN(C(=O)c2ccsc2)CC1. The van der Waals surface area contributed by atoms with Crippen LogP contribution in [0.2, 0.25) is 0 Å². The van der Waals surface area contributed by atoms with Crippen molar-refractivity contribution in [3.8, 4) is 0 Å². The van der Waals surface area contributed by atoms with Crippen molar-refractivity contribution in [2.45, 2.75) is 6.42 Å². The number of nitrogens with zero attached hydrogens (tertiary/aromatic N) is 2. The van der Waals surface area contributed by atoms with E-state index in [4.69, 9.17) is 0 Å². The van der Waals surface area contributed by atoms with Crippen molar-refractivity contribution in [1.82, 2.24) is 15.1 Å². The molecule has 0 unspecified atom stereocenters. The number of rotatable bonds is 3. The molecule has 5 nitrogen and oxygen atoms in total. The summed E-state index contributed by atoms with van der Waals surface area (Å²) < 4.78 is 0. The van der Waals surface area contributed by atoms with Gasteiger partial charge in [-0.25, -0.2) is 0 Å². The minimum absolute atomic E-state index is 0.0733. The number of hydrogen-bond donors (Lipinski definition) is 1. The molecule has 19 heavy (non-hydrogen) atoms. The monoisotopic (exact) mass is 281 g/mol. The summed E-state index contributed by atoms with van der Waals surface area (Å²) in [6, 6.07) is 1.85. The van der Waals surface area contributed by atoms with Gasteiger partial charge in [0.2, 0.25) is 5.91 Å². The Hall–Kier alpha value is -1.40. The molecular formula is C13H19N3O2S. The topological polar surface area (TPSA) is 52.7 Å². The zero-order valence-corrected chi connectivity index (χ0v) is 11.9. The molecular weight excluding hydrogens is 262 g/mol. The molecule has 0 atom stereocenters. The van der Waals surface area contributed by atoms with Gasteiger partial charge in [0.15, 0.2) is 0 Å². The fourth-order valence-corrected chi connectivity index (χ4v) is 2.83. The molecule has 0 aliphatic carbocycles. The van der Waals surface area contributed by atoms with Gasteiger partial charge >= 0.3 is 0 Å². The molecule has 0 spiro atoms. The number of likely N-dealkylation sites (N-methyl/N-ethyl adjacent to an activating group) is 1. The van der Waals surface area contributed by atoms with Crippen molar-refractivity contribution >= 4 is 23.2 Å². The first kappa shape index (κ1) is 14.0. The van der Waals surface area contributed by atoms with Crippen molar-refractivity contribution in [2.75, 3.05) is 39.8 Å². The van der Waals surface area contributed by atoms with Crippen molar-refractivity contribution in [2.24, 2.45) is 0 Å². The summed E-state index contributed by atoms with van der Waals surface area (Å²) in [6.07, 6.45) is 0.839. The Morgan fingerprint density at radius 1 is 1.26 bits per heavy atom. The average molecular weight is 281 g/mol. The van der Waals surface area contributed by atoms with Crippen molar-refractivity contribution in [1.29, 1.82) is 0 Å². The summed E-state index contributed by atoms with van der Waals surface area (Å²) in [5.41, 5.74) is 0.750. The molecule has 0 bridgehead atoms. The molecule has 1 aliphatic rings. The van der Waals surface area contributed by atoms with Gasteiger partial charge < -0.3 is 15.1 Å². The van der Waals surface area contributed by atoms with Crippen LogP contribution in [0.1, 0.15) is 16.8 Å². The summed E-state index contributed by atoms with van der Waals surface area (Å²) in [6.45, 7) is 3.05. The summed E-state index contributed by atoms with van der Waals surface area (Å²) >= 11 is 1.53. The van der Waals surface area contributed by atoms with Crippen LogP contribution >= 0.6 is 11.3 Å². The van der Waals surface area contributed by atoms with Crippen LogP contribution in [0.3, 0.4) is 0 Å². The quantitative estimate of drug-likeness (QED) is 0.885. The van der Waals surface area contributed by atoms with Gasteiger partial charge in [0.1, 0.15) is 0 Å². The van der Waals surface area contributed by atoms with Gasteiger partial charge in [0.25, 0.3) is 5.91 Å². The van der Waals surface area contributed by atoms with Crippen LogP contribution in [0.15, 0.2) is 16.8 Å². The first-order valence-electron chi connectivity index (χ1n) is 6.46. The molecule has 6 heteroatoms. The second kappa shape index (κ2) is 6.68. The Labute approximate surface area is 117 Å². The van der Waals surface area contributed by atoms with Crippen LogP contribution < -0.4 is 5.32 Å². The molecule has 2 rings (SSSR count). The second-order valence-electron chi connectivity index (χ2n) is 4.57. The van der Waals surface area contributed by atoms with Crippen LogP contribution in [-0.4, -0.2) is 61.4 Å². The van der Waals surface area contributed by atoms with Crippen LogP contribution in [-0.2, 0) is 4.79 Å². The lowest BCUT2D eigenvalue weighted by Crippen LogP contribution is -2.40. The van der Waals surface area contributed by atoms with Crippen LogP contribution in [0.5, 0.6) is 0 Å². The molecule has 2 amide bonds. The van der Waals surface area contributed by atoms with E-state index in [9.17, 15) is 9.59 Å². The number of hydrogen-bond acceptors (Lipinski definition) is 4. The van der Waals surface area contributed by atoms with E-state index < -0.39 is 0 Å². The first-order chi connectivity index (χ1) is 9.22. The number of carbonyl (C=O) groups excluding carboxylic acids is 2. The largest absolute Gasteiger partial charge is 0.340 e. The summed E-state index contributed by atoms with van der Waals surface area (Å²) in [4.78, 5) is 27.7. The molecule has 0 saturated carbocycles. The maximum Gasteiger partial charge on any atom is 0.254 e. The van der Waals surface area contributed by atoms with E-state index in [0.717, 1.165) is 25.1 Å². The van der Waals surface area contributed by atoms with Gasteiger partial charge in [0, 0.05) is 31.6 Å². The third-order valence-corrected chi connectivity index (χ3v) is 3.92. The fourth-order valence-electron chi connectivity index (χ4n) is 2.20. The van der Waals surface area contributed by atoms with Crippen LogP contribution in [0, 0.1) is 0 Å². The van der Waals surface area contributed by atoms with Crippen molar-refractivity contribution in [3.05, 3.63) is 22.4 Å². The van der Waals surface area contributed by atoms with E-state index in [1.807, 2.05) is 26.6 Å². The highest BCUT2D eigenvalue weighted by Crippen LogP contribution is 2.12. The minimum atomic E-state index is 0.0733. The maximum absolute atomic E-state index is 12.2. The standard InChI is InChI=1S/C13H19N3O2S/c1-14-9-12(17)15-4-2-5-16(7-6-15)13(18)11-3-8-19-10-11/h3,8,10,14H,2,4-7,9H2,1H3. The first-order valence-corrected chi connectivity index (χ1v) is 7.40. The van der Waals surface area contributed by atoms with Gasteiger partial charge in [-0.1, -0.05) is 0 Å². The van der Waals surface area contributed by atoms with E-state index in [1.165, 1.54) is 11.3 Å². The number of thiophene rings is 1. The lowest BCUT2D eigenvalue weighted by atomic mass is 10.3. The number of amides is 2. The molecule has 0 radical (unpaired) electrons. The van der Waals surface area contributed by atoms with Gasteiger partial charge in [-0.15, -0.1) is 0 Å². The molecule has 1 saturated heterocycles. The Bertz CT molecular complexity index is 433. The molecule has 1 N–H and O–H groups in total. The fraction of sp³-hybridized carbons (Fsp3) is 0.538. The number of nitrogens with one attached hydrogen (secondary N) is 1. The highest BCUT2D eigenvalue weighted by molar-refractivity contribution is 7.08. The zero-order chi connectivity index (χ0) is 13.7. The molecule has 1 aromatic rings. The van der Waals surface area contributed by atoms with Gasteiger partial charge in [-0.3, -0.25) is 9.59 Å². The third kappa shape index (κ3) is 3.54. The molecule has 0 aromatic carbocycles. The summed E-state index contributed by atoms with van der Waals surface area (Å²) in [5, 5.41) is 6.65. The highest BCUT2D eigenvalue weighted by atomic mass is 32.1. The van der Waals surface area contributed by atoms with Crippen LogP contribution in [0.25, 0.3) is 0 Å². The predicted molar refractivity (Wildman–Crippen MR) is 75.3 cm³/mol.